The molecule has 0 aliphatic carbocycles. The molecule has 10 nitrogen and oxygen atoms in total. The van der Waals surface area contributed by atoms with Gasteiger partial charge in [-0.25, -0.2) is 9.59 Å². The Morgan fingerprint density at radius 1 is 1.24 bits per heavy atom. The summed E-state index contributed by atoms with van der Waals surface area (Å²) in [4.78, 5) is 44.7. The van der Waals surface area contributed by atoms with E-state index >= 15 is 0 Å². The lowest BCUT2D eigenvalue weighted by Gasteiger charge is -2.42. The number of ether oxygens (including phenoxy) is 2. The third-order valence-electron chi connectivity index (χ3n) is 6.28. The Labute approximate surface area is 217 Å². The van der Waals surface area contributed by atoms with Crippen molar-refractivity contribution in [2.75, 3.05) is 47.4 Å². The van der Waals surface area contributed by atoms with Crippen LogP contribution < -0.4 is 4.74 Å². The van der Waals surface area contributed by atoms with Crippen LogP contribution in [0.2, 0.25) is 0 Å². The summed E-state index contributed by atoms with van der Waals surface area (Å²) in [7, 11) is 5.06. The molecule has 3 heterocycles. The van der Waals surface area contributed by atoms with E-state index in [1.165, 1.54) is 4.90 Å². The molecule has 3 amide bonds. The second-order valence-corrected chi connectivity index (χ2v) is 9.01. The number of hydrogen-bond acceptors (Lipinski definition) is 6. The molecule has 2 saturated heterocycles. The summed E-state index contributed by atoms with van der Waals surface area (Å²) in [6, 6.07) is 11.4. The average Bonchev–Trinajstić information content (AvgIpc) is 3.27. The average molecular weight is 539 g/mol. The number of methoxy groups -OCH3 is 1. The molecule has 4 rings (SSSR count). The molecule has 1 spiro atoms. The number of halogens is 3. The number of aliphatic carboxylic acids is 1. The molecule has 2 fully saturated rings. The Morgan fingerprint density at radius 2 is 1.89 bits per heavy atom. The number of carboxylic acids is 1. The predicted octanol–water partition coefficient (Wildman–Crippen LogP) is 2.60. The molecule has 2 atom stereocenters. The normalized spacial score (nSPS) is 21.1. The van der Waals surface area contributed by atoms with Gasteiger partial charge in [-0.15, -0.1) is 0 Å². The Morgan fingerprint density at radius 3 is 2.42 bits per heavy atom. The van der Waals surface area contributed by atoms with Gasteiger partial charge in [0.05, 0.1) is 20.3 Å². The Balaban J connectivity index is 0.000000505. The lowest BCUT2D eigenvalue weighted by atomic mass is 9.83. The summed E-state index contributed by atoms with van der Waals surface area (Å²) in [6.45, 7) is 2.04. The molecule has 0 bridgehead atoms. The van der Waals surface area contributed by atoms with Crippen molar-refractivity contribution in [3.05, 3.63) is 59.9 Å². The molecule has 0 radical (unpaired) electrons. The van der Waals surface area contributed by atoms with Gasteiger partial charge < -0.3 is 29.3 Å². The highest BCUT2D eigenvalue weighted by atomic mass is 19.4. The van der Waals surface area contributed by atoms with Crippen LogP contribution in [0.5, 0.6) is 5.75 Å². The smallest absolute Gasteiger partial charge is 0.490 e. The molecule has 206 valence electrons. The van der Waals surface area contributed by atoms with Crippen molar-refractivity contribution in [3.63, 3.8) is 0 Å². The van der Waals surface area contributed by atoms with E-state index in [0.717, 1.165) is 16.9 Å². The van der Waals surface area contributed by atoms with Gasteiger partial charge in [0.25, 0.3) is 5.91 Å². The number of morpholine rings is 1. The Bertz CT molecular complexity index is 1130. The first kappa shape index (κ1) is 28.7. The van der Waals surface area contributed by atoms with E-state index in [4.69, 9.17) is 19.4 Å². The van der Waals surface area contributed by atoms with Crippen LogP contribution in [0.4, 0.5) is 18.0 Å². The molecule has 38 heavy (non-hydrogen) atoms. The van der Waals surface area contributed by atoms with Gasteiger partial charge in [0.1, 0.15) is 5.75 Å². The minimum atomic E-state index is -5.08. The van der Waals surface area contributed by atoms with Crippen LogP contribution in [-0.4, -0.2) is 102 Å². The SMILES string of the molecule is COc1ccc(CN2CCOC3(CN(C(=O)N(C)C)CC3c3cccnc3)C2=O)cc1.O=C(O)C(F)(F)F. The number of hydrogen-bond donors (Lipinski definition) is 1. The maximum Gasteiger partial charge on any atom is 0.490 e. The minimum absolute atomic E-state index is 0.0857. The van der Waals surface area contributed by atoms with E-state index in [-0.39, 0.29) is 24.4 Å². The van der Waals surface area contributed by atoms with E-state index < -0.39 is 17.7 Å². The maximum atomic E-state index is 13.8. The topological polar surface area (TPSA) is 113 Å². The van der Waals surface area contributed by atoms with Gasteiger partial charge in [-0.3, -0.25) is 9.78 Å². The number of carbonyl (C=O) groups is 3. The first-order valence-corrected chi connectivity index (χ1v) is 11.6. The second kappa shape index (κ2) is 11.7. The van der Waals surface area contributed by atoms with E-state index in [2.05, 4.69) is 4.98 Å². The van der Waals surface area contributed by atoms with E-state index in [1.54, 1.807) is 38.5 Å². The van der Waals surface area contributed by atoms with Crippen molar-refractivity contribution < 1.29 is 42.1 Å². The number of benzene rings is 1. The number of rotatable bonds is 4. The molecule has 2 aliphatic rings. The van der Waals surface area contributed by atoms with E-state index in [0.29, 0.717) is 26.2 Å². The largest absolute Gasteiger partial charge is 0.497 e. The van der Waals surface area contributed by atoms with Crippen LogP contribution in [0.3, 0.4) is 0 Å². The van der Waals surface area contributed by atoms with Crippen molar-refractivity contribution in [2.45, 2.75) is 24.2 Å². The van der Waals surface area contributed by atoms with Gasteiger partial charge in [-0.1, -0.05) is 18.2 Å². The summed E-state index contributed by atoms with van der Waals surface area (Å²) in [5.41, 5.74) is 0.805. The number of alkyl halides is 3. The van der Waals surface area contributed by atoms with Gasteiger partial charge in [-0.05, 0) is 29.3 Å². The second-order valence-electron chi connectivity index (χ2n) is 9.01. The number of amides is 3. The zero-order valence-corrected chi connectivity index (χ0v) is 21.1. The van der Waals surface area contributed by atoms with Crippen LogP contribution in [0.25, 0.3) is 0 Å². The molecule has 1 N–H and O–H groups in total. The zero-order chi connectivity index (χ0) is 28.1. The van der Waals surface area contributed by atoms with Crippen LogP contribution in [0.1, 0.15) is 17.0 Å². The Hall–Kier alpha value is -3.87. The van der Waals surface area contributed by atoms with E-state index in [1.807, 2.05) is 41.3 Å². The van der Waals surface area contributed by atoms with Crippen molar-refractivity contribution in [1.82, 2.24) is 19.7 Å². The first-order valence-electron chi connectivity index (χ1n) is 11.6. The number of aromatic nitrogens is 1. The third-order valence-corrected chi connectivity index (χ3v) is 6.28. The minimum Gasteiger partial charge on any atom is -0.497 e. The lowest BCUT2D eigenvalue weighted by molar-refractivity contribution is -0.192. The highest BCUT2D eigenvalue weighted by Crippen LogP contribution is 2.42. The van der Waals surface area contributed by atoms with Gasteiger partial charge >= 0.3 is 18.2 Å². The molecular formula is C25H29F3N4O6. The quantitative estimate of drug-likeness (QED) is 0.637. The van der Waals surface area contributed by atoms with Crippen LogP contribution in [0.15, 0.2) is 48.8 Å². The standard InChI is InChI=1S/C23H28N4O4.C2HF3O2/c1-25(2)22(29)27-15-20(18-5-4-10-24-13-18)23(16-27)21(28)26(11-12-31-23)14-17-6-8-19(30-3)9-7-17;3-2(4,5)1(6)7/h4-10,13,20H,11-12,14-16H2,1-3H3;(H,6,7). The molecule has 2 aliphatic heterocycles. The van der Waals surface area contributed by atoms with Gasteiger partial charge in [0.15, 0.2) is 5.60 Å². The van der Waals surface area contributed by atoms with Crippen molar-refractivity contribution >= 4 is 17.9 Å². The highest BCUT2D eigenvalue weighted by Gasteiger charge is 2.58. The molecule has 2 unspecified atom stereocenters. The van der Waals surface area contributed by atoms with Crippen molar-refractivity contribution in [2.24, 2.45) is 0 Å². The summed E-state index contributed by atoms with van der Waals surface area (Å²) in [6.07, 6.45) is -1.62. The van der Waals surface area contributed by atoms with Crippen molar-refractivity contribution in [1.29, 1.82) is 0 Å². The molecule has 0 saturated carbocycles. The van der Waals surface area contributed by atoms with Gasteiger partial charge in [0.2, 0.25) is 0 Å². The summed E-state index contributed by atoms with van der Waals surface area (Å²) in [5.74, 6) is -2.35. The highest BCUT2D eigenvalue weighted by molar-refractivity contribution is 5.89. The van der Waals surface area contributed by atoms with Crippen LogP contribution in [0, 0.1) is 0 Å². The Kier molecular flexibility index (Phi) is 8.82. The lowest BCUT2D eigenvalue weighted by Crippen LogP contribution is -2.60. The number of nitrogens with zero attached hydrogens (tertiary/aromatic N) is 4. The van der Waals surface area contributed by atoms with Crippen molar-refractivity contribution in [3.8, 4) is 5.75 Å². The molecule has 2 aromatic rings. The summed E-state index contributed by atoms with van der Waals surface area (Å²) in [5, 5.41) is 7.12. The van der Waals surface area contributed by atoms with Gasteiger partial charge in [-0.2, -0.15) is 13.2 Å². The molecule has 1 aromatic carbocycles. The fourth-order valence-corrected chi connectivity index (χ4v) is 4.45. The molecule has 1 aromatic heterocycles. The van der Waals surface area contributed by atoms with Crippen LogP contribution >= 0.6 is 0 Å². The molecular weight excluding hydrogens is 509 g/mol. The first-order chi connectivity index (χ1) is 17.9. The fourth-order valence-electron chi connectivity index (χ4n) is 4.45. The molecule has 13 heteroatoms. The summed E-state index contributed by atoms with van der Waals surface area (Å²) >= 11 is 0. The van der Waals surface area contributed by atoms with Gasteiger partial charge in [0, 0.05) is 52.0 Å². The number of urea groups is 1. The van der Waals surface area contributed by atoms with Crippen LogP contribution in [-0.2, 0) is 20.9 Å². The number of carboxylic acid groups (broad SMARTS) is 1. The number of pyridine rings is 1. The number of carbonyl (C=O) groups excluding carboxylic acids is 2. The maximum absolute atomic E-state index is 13.8. The predicted molar refractivity (Wildman–Crippen MR) is 128 cm³/mol. The number of likely N-dealkylation sites (tertiary alicyclic amines) is 1. The monoisotopic (exact) mass is 538 g/mol. The zero-order valence-electron chi connectivity index (χ0n) is 21.1. The fraction of sp³-hybridized carbons (Fsp3) is 0.440. The van der Waals surface area contributed by atoms with E-state index in [9.17, 15) is 22.8 Å². The summed E-state index contributed by atoms with van der Waals surface area (Å²) < 4.78 is 43.2. The third kappa shape index (κ3) is 6.33.